The van der Waals surface area contributed by atoms with Gasteiger partial charge in [0.05, 0.1) is 4.92 Å². The molecule has 0 bridgehead atoms. The highest BCUT2D eigenvalue weighted by molar-refractivity contribution is 5.67. The van der Waals surface area contributed by atoms with Crippen LogP contribution in [-0.2, 0) is 4.79 Å². The molecular weight excluding hydrogens is 262 g/mol. The third kappa shape index (κ3) is 3.04. The zero-order valence-electron chi connectivity index (χ0n) is 11.3. The van der Waals surface area contributed by atoms with E-state index >= 15 is 0 Å². The number of aliphatic carboxylic acids is 1. The van der Waals surface area contributed by atoms with E-state index in [1.165, 1.54) is 0 Å². The third-order valence-corrected chi connectivity index (χ3v) is 3.67. The average molecular weight is 279 g/mol. The number of anilines is 1. The number of hydrogen-bond donors (Lipinski definition) is 1. The van der Waals surface area contributed by atoms with E-state index in [2.05, 4.69) is 4.98 Å². The van der Waals surface area contributed by atoms with Crippen molar-refractivity contribution in [2.75, 3.05) is 18.0 Å². The molecule has 1 aromatic rings. The lowest BCUT2D eigenvalue weighted by molar-refractivity contribution is -0.384. The summed E-state index contributed by atoms with van der Waals surface area (Å²) in [6.45, 7) is 2.91. The van der Waals surface area contributed by atoms with Gasteiger partial charge in [0, 0.05) is 31.3 Å². The molecule has 0 saturated carbocycles. The molecule has 1 saturated heterocycles. The van der Waals surface area contributed by atoms with Crippen LogP contribution in [0.5, 0.6) is 0 Å². The minimum absolute atomic E-state index is 0.0455. The van der Waals surface area contributed by atoms with E-state index in [4.69, 9.17) is 5.11 Å². The molecular formula is C13H17N3O4. The summed E-state index contributed by atoms with van der Waals surface area (Å²) in [4.78, 5) is 27.5. The van der Waals surface area contributed by atoms with Gasteiger partial charge in [0.25, 0.3) is 0 Å². The highest BCUT2D eigenvalue weighted by Gasteiger charge is 2.28. The SMILES string of the molecule is Cc1ccnc(N2CCC(CC(=O)O)CC2)c1[N+](=O)[O-]. The highest BCUT2D eigenvalue weighted by atomic mass is 16.6. The topological polar surface area (TPSA) is 96.6 Å². The van der Waals surface area contributed by atoms with Gasteiger partial charge in [-0.2, -0.15) is 0 Å². The van der Waals surface area contributed by atoms with Crippen molar-refractivity contribution in [3.63, 3.8) is 0 Å². The molecule has 7 heteroatoms. The number of carbonyl (C=O) groups is 1. The lowest BCUT2D eigenvalue weighted by Gasteiger charge is -2.31. The molecule has 1 aliphatic rings. The van der Waals surface area contributed by atoms with Crippen molar-refractivity contribution in [1.29, 1.82) is 0 Å². The number of aromatic nitrogens is 1. The van der Waals surface area contributed by atoms with Crippen LogP contribution in [0.15, 0.2) is 12.3 Å². The Hall–Kier alpha value is -2.18. The Morgan fingerprint density at radius 3 is 2.75 bits per heavy atom. The number of aryl methyl sites for hydroxylation is 1. The Morgan fingerprint density at radius 2 is 2.20 bits per heavy atom. The van der Waals surface area contributed by atoms with Gasteiger partial charge in [0.15, 0.2) is 0 Å². The van der Waals surface area contributed by atoms with Gasteiger partial charge in [0.1, 0.15) is 0 Å². The molecule has 1 aromatic heterocycles. The molecule has 0 amide bonds. The Bertz CT molecular complexity index is 524. The van der Waals surface area contributed by atoms with Crippen molar-refractivity contribution in [3.05, 3.63) is 27.9 Å². The van der Waals surface area contributed by atoms with Gasteiger partial charge in [-0.25, -0.2) is 4.98 Å². The maximum absolute atomic E-state index is 11.2. The predicted octanol–water partition coefficient (Wildman–Crippen LogP) is 1.99. The molecule has 2 rings (SSSR count). The molecule has 1 N–H and O–H groups in total. The predicted molar refractivity (Wildman–Crippen MR) is 72.8 cm³/mol. The molecule has 7 nitrogen and oxygen atoms in total. The van der Waals surface area contributed by atoms with Gasteiger partial charge in [0.2, 0.25) is 5.82 Å². The van der Waals surface area contributed by atoms with Crippen LogP contribution in [0.25, 0.3) is 0 Å². The zero-order chi connectivity index (χ0) is 14.7. The van der Waals surface area contributed by atoms with E-state index in [0.717, 1.165) is 12.8 Å². The summed E-state index contributed by atoms with van der Waals surface area (Å²) in [6.07, 6.45) is 3.18. The fourth-order valence-electron chi connectivity index (χ4n) is 2.59. The lowest BCUT2D eigenvalue weighted by Crippen LogP contribution is -2.35. The lowest BCUT2D eigenvalue weighted by atomic mass is 9.93. The smallest absolute Gasteiger partial charge is 0.314 e. The van der Waals surface area contributed by atoms with Gasteiger partial charge in [-0.15, -0.1) is 0 Å². The highest BCUT2D eigenvalue weighted by Crippen LogP contribution is 2.32. The van der Waals surface area contributed by atoms with Gasteiger partial charge < -0.3 is 10.0 Å². The number of pyridine rings is 1. The van der Waals surface area contributed by atoms with Crippen molar-refractivity contribution in [1.82, 2.24) is 4.98 Å². The molecule has 0 aliphatic carbocycles. The van der Waals surface area contributed by atoms with Crippen molar-refractivity contribution >= 4 is 17.5 Å². The third-order valence-electron chi connectivity index (χ3n) is 3.67. The molecule has 2 heterocycles. The largest absolute Gasteiger partial charge is 0.481 e. The van der Waals surface area contributed by atoms with E-state index < -0.39 is 10.9 Å². The molecule has 1 fully saturated rings. The first-order valence-electron chi connectivity index (χ1n) is 6.55. The summed E-state index contributed by atoms with van der Waals surface area (Å²) in [5.74, 6) is -0.250. The number of piperidine rings is 1. The van der Waals surface area contributed by atoms with Crippen LogP contribution in [0.2, 0.25) is 0 Å². The quantitative estimate of drug-likeness (QED) is 0.668. The number of nitrogens with zero attached hydrogens (tertiary/aromatic N) is 3. The summed E-state index contributed by atoms with van der Waals surface area (Å²) in [5, 5.41) is 19.9. The van der Waals surface area contributed by atoms with E-state index in [0.29, 0.717) is 24.5 Å². The van der Waals surface area contributed by atoms with E-state index in [9.17, 15) is 14.9 Å². The Labute approximate surface area is 116 Å². The minimum atomic E-state index is -0.789. The van der Waals surface area contributed by atoms with Crippen molar-refractivity contribution in [3.8, 4) is 0 Å². The summed E-state index contributed by atoms with van der Waals surface area (Å²) < 4.78 is 0. The van der Waals surface area contributed by atoms with E-state index in [-0.39, 0.29) is 18.0 Å². The van der Waals surface area contributed by atoms with Gasteiger partial charge in [-0.1, -0.05) is 0 Å². The Kier molecular flexibility index (Phi) is 4.16. The van der Waals surface area contributed by atoms with Gasteiger partial charge in [-0.05, 0) is 31.7 Å². The molecule has 0 atom stereocenters. The number of carboxylic acid groups (broad SMARTS) is 1. The fourth-order valence-corrected chi connectivity index (χ4v) is 2.59. The van der Waals surface area contributed by atoms with Crippen molar-refractivity contribution < 1.29 is 14.8 Å². The first kappa shape index (κ1) is 14.2. The molecule has 20 heavy (non-hydrogen) atoms. The summed E-state index contributed by atoms with van der Waals surface area (Å²) >= 11 is 0. The van der Waals surface area contributed by atoms with Crippen LogP contribution >= 0.6 is 0 Å². The zero-order valence-corrected chi connectivity index (χ0v) is 11.3. The number of rotatable bonds is 4. The average Bonchev–Trinajstić information content (AvgIpc) is 2.38. The monoisotopic (exact) mass is 279 g/mol. The van der Waals surface area contributed by atoms with Gasteiger partial charge in [-0.3, -0.25) is 14.9 Å². The molecule has 0 spiro atoms. The van der Waals surface area contributed by atoms with E-state index in [1.807, 2.05) is 4.90 Å². The van der Waals surface area contributed by atoms with E-state index in [1.54, 1.807) is 19.2 Å². The van der Waals surface area contributed by atoms with Crippen LogP contribution in [0.1, 0.15) is 24.8 Å². The van der Waals surface area contributed by atoms with Crippen LogP contribution in [-0.4, -0.2) is 34.1 Å². The Morgan fingerprint density at radius 1 is 1.55 bits per heavy atom. The maximum atomic E-state index is 11.2. The second kappa shape index (κ2) is 5.85. The fraction of sp³-hybridized carbons (Fsp3) is 0.538. The van der Waals surface area contributed by atoms with Crippen LogP contribution < -0.4 is 4.90 Å². The second-order valence-electron chi connectivity index (χ2n) is 5.09. The van der Waals surface area contributed by atoms with Gasteiger partial charge >= 0.3 is 11.7 Å². The van der Waals surface area contributed by atoms with Crippen LogP contribution in [0.3, 0.4) is 0 Å². The number of hydrogen-bond acceptors (Lipinski definition) is 5. The first-order chi connectivity index (χ1) is 9.49. The molecule has 0 unspecified atom stereocenters. The molecule has 0 aromatic carbocycles. The number of carboxylic acids is 1. The van der Waals surface area contributed by atoms with Crippen molar-refractivity contribution in [2.24, 2.45) is 5.92 Å². The maximum Gasteiger partial charge on any atom is 0.314 e. The summed E-state index contributed by atoms with van der Waals surface area (Å²) in [6, 6.07) is 1.62. The molecule has 0 radical (unpaired) electrons. The summed E-state index contributed by atoms with van der Waals surface area (Å²) in [7, 11) is 0. The van der Waals surface area contributed by atoms with Crippen LogP contribution in [0, 0.1) is 23.0 Å². The first-order valence-corrected chi connectivity index (χ1v) is 6.55. The molecule has 108 valence electrons. The standard InChI is InChI=1S/C13H17N3O4/c1-9-2-5-14-13(12(9)16(19)20)15-6-3-10(4-7-15)8-11(17)18/h2,5,10H,3-4,6-8H2,1H3,(H,17,18). The minimum Gasteiger partial charge on any atom is -0.481 e. The van der Waals surface area contributed by atoms with Crippen LogP contribution in [0.4, 0.5) is 11.5 Å². The second-order valence-corrected chi connectivity index (χ2v) is 5.09. The van der Waals surface area contributed by atoms with Crippen molar-refractivity contribution in [2.45, 2.75) is 26.2 Å². The Balaban J connectivity index is 2.13. The molecule has 1 aliphatic heterocycles. The normalized spacial score (nSPS) is 16.1. The summed E-state index contributed by atoms with van der Waals surface area (Å²) in [5.41, 5.74) is 0.636. The number of nitro groups is 1.